The van der Waals surface area contributed by atoms with E-state index in [9.17, 15) is 9.59 Å². The molecule has 6 heteroatoms. The van der Waals surface area contributed by atoms with Gasteiger partial charge in [0.2, 0.25) is 0 Å². The molecule has 1 aliphatic carbocycles. The lowest BCUT2D eigenvalue weighted by atomic mass is 9.79. The van der Waals surface area contributed by atoms with E-state index in [1.54, 1.807) is 0 Å². The Bertz CT molecular complexity index is 366. The van der Waals surface area contributed by atoms with Gasteiger partial charge in [0, 0.05) is 6.61 Å². The zero-order valence-corrected chi connectivity index (χ0v) is 12.0. The van der Waals surface area contributed by atoms with Crippen LogP contribution in [-0.2, 0) is 9.53 Å². The van der Waals surface area contributed by atoms with E-state index in [2.05, 4.69) is 10.6 Å². The van der Waals surface area contributed by atoms with Crippen LogP contribution in [0.15, 0.2) is 0 Å². The highest BCUT2D eigenvalue weighted by atomic mass is 16.5. The molecule has 3 N–H and O–H groups in total. The Hall–Kier alpha value is -1.30. The van der Waals surface area contributed by atoms with E-state index in [0.29, 0.717) is 6.61 Å². The highest BCUT2D eigenvalue weighted by Crippen LogP contribution is 2.31. The number of hydrogen-bond acceptors (Lipinski definition) is 3. The Morgan fingerprint density at radius 2 is 2.00 bits per heavy atom. The maximum atomic E-state index is 12.1. The fourth-order valence-corrected chi connectivity index (χ4v) is 3.23. The van der Waals surface area contributed by atoms with Crippen molar-refractivity contribution in [2.24, 2.45) is 0 Å². The summed E-state index contributed by atoms with van der Waals surface area (Å²) in [6, 6.07) is -0.254. The molecule has 0 spiro atoms. The van der Waals surface area contributed by atoms with Gasteiger partial charge in [-0.1, -0.05) is 19.3 Å². The van der Waals surface area contributed by atoms with E-state index >= 15 is 0 Å². The fraction of sp³-hybridized carbons (Fsp3) is 0.857. The molecule has 0 aromatic heterocycles. The summed E-state index contributed by atoms with van der Waals surface area (Å²) in [4.78, 5) is 23.2. The molecule has 2 unspecified atom stereocenters. The van der Waals surface area contributed by atoms with Gasteiger partial charge < -0.3 is 20.5 Å². The Labute approximate surface area is 119 Å². The molecule has 0 bridgehead atoms. The molecule has 1 aliphatic heterocycles. The zero-order valence-electron chi connectivity index (χ0n) is 12.0. The summed E-state index contributed by atoms with van der Waals surface area (Å²) in [6.07, 6.45) is 5.35. The SMILES string of the molecule is CC1OCCC1NC(=O)NC1(CC(=O)O)CCCCC1. The van der Waals surface area contributed by atoms with E-state index in [4.69, 9.17) is 9.84 Å². The van der Waals surface area contributed by atoms with Gasteiger partial charge in [-0.05, 0) is 26.2 Å². The topological polar surface area (TPSA) is 87.7 Å². The van der Waals surface area contributed by atoms with Gasteiger partial charge in [0.25, 0.3) is 0 Å². The molecular formula is C14H24N2O4. The van der Waals surface area contributed by atoms with Gasteiger partial charge in [-0.3, -0.25) is 4.79 Å². The summed E-state index contributed by atoms with van der Waals surface area (Å²) >= 11 is 0. The van der Waals surface area contributed by atoms with Crippen LogP contribution in [0, 0.1) is 0 Å². The van der Waals surface area contributed by atoms with Crippen LogP contribution in [0.25, 0.3) is 0 Å². The summed E-state index contributed by atoms with van der Waals surface area (Å²) in [5.41, 5.74) is -0.586. The molecule has 2 amide bonds. The van der Waals surface area contributed by atoms with Crippen LogP contribution < -0.4 is 10.6 Å². The Kier molecular flexibility index (Phi) is 4.86. The minimum absolute atomic E-state index is 0.00284. The summed E-state index contributed by atoms with van der Waals surface area (Å²) < 4.78 is 5.41. The Morgan fingerprint density at radius 1 is 1.30 bits per heavy atom. The summed E-state index contributed by atoms with van der Waals surface area (Å²) in [5.74, 6) is -0.857. The lowest BCUT2D eigenvalue weighted by Crippen LogP contribution is -2.56. The first kappa shape index (κ1) is 15.1. The molecule has 0 aromatic carbocycles. The monoisotopic (exact) mass is 284 g/mol. The number of aliphatic carboxylic acids is 1. The van der Waals surface area contributed by atoms with Gasteiger partial charge in [-0.15, -0.1) is 0 Å². The molecule has 1 heterocycles. The van der Waals surface area contributed by atoms with E-state index in [0.717, 1.165) is 38.5 Å². The first-order valence-corrected chi connectivity index (χ1v) is 7.43. The second kappa shape index (κ2) is 6.43. The van der Waals surface area contributed by atoms with Crippen molar-refractivity contribution in [3.63, 3.8) is 0 Å². The molecule has 2 fully saturated rings. The summed E-state index contributed by atoms with van der Waals surface area (Å²) in [5, 5.41) is 14.9. The third kappa shape index (κ3) is 3.85. The van der Waals surface area contributed by atoms with E-state index in [1.807, 2.05) is 6.92 Å². The normalized spacial score (nSPS) is 28.9. The van der Waals surface area contributed by atoms with Crippen molar-refractivity contribution < 1.29 is 19.4 Å². The van der Waals surface area contributed by atoms with Gasteiger partial charge in [-0.2, -0.15) is 0 Å². The quantitative estimate of drug-likeness (QED) is 0.732. The first-order valence-electron chi connectivity index (χ1n) is 7.43. The van der Waals surface area contributed by atoms with Gasteiger partial charge in [0.1, 0.15) is 0 Å². The van der Waals surface area contributed by atoms with Crippen LogP contribution in [-0.4, -0.2) is 41.4 Å². The average molecular weight is 284 g/mol. The fourth-order valence-electron chi connectivity index (χ4n) is 3.23. The molecular weight excluding hydrogens is 260 g/mol. The standard InChI is InChI=1S/C14H24N2O4/c1-10-11(5-8-20-10)15-13(19)16-14(9-12(17)18)6-3-2-4-7-14/h10-11H,2-9H2,1H3,(H,17,18)(H2,15,16,19). The molecule has 0 radical (unpaired) electrons. The third-order valence-corrected chi connectivity index (χ3v) is 4.37. The lowest BCUT2D eigenvalue weighted by Gasteiger charge is -2.37. The minimum atomic E-state index is -0.857. The number of carbonyl (C=O) groups is 2. The summed E-state index contributed by atoms with van der Waals surface area (Å²) in [6.45, 7) is 2.60. The Balaban J connectivity index is 1.92. The predicted octanol–water partition coefficient (Wildman–Crippen LogP) is 1.64. The van der Waals surface area contributed by atoms with Gasteiger partial charge in [-0.25, -0.2) is 4.79 Å². The van der Waals surface area contributed by atoms with E-state index in [-0.39, 0.29) is 24.6 Å². The number of nitrogens with one attached hydrogen (secondary N) is 2. The molecule has 1 saturated heterocycles. The van der Waals surface area contributed by atoms with Crippen molar-refractivity contribution >= 4 is 12.0 Å². The van der Waals surface area contributed by atoms with Crippen molar-refractivity contribution in [3.05, 3.63) is 0 Å². The Morgan fingerprint density at radius 3 is 2.55 bits per heavy atom. The third-order valence-electron chi connectivity index (χ3n) is 4.37. The smallest absolute Gasteiger partial charge is 0.315 e. The zero-order chi connectivity index (χ0) is 14.6. The number of hydrogen-bond donors (Lipinski definition) is 3. The highest BCUT2D eigenvalue weighted by Gasteiger charge is 2.36. The second-order valence-corrected chi connectivity index (χ2v) is 5.98. The predicted molar refractivity (Wildman–Crippen MR) is 73.6 cm³/mol. The number of amides is 2. The van der Waals surface area contributed by atoms with Crippen molar-refractivity contribution in [1.82, 2.24) is 10.6 Å². The largest absolute Gasteiger partial charge is 0.481 e. The van der Waals surface area contributed by atoms with Crippen LogP contribution in [0.1, 0.15) is 51.9 Å². The van der Waals surface area contributed by atoms with E-state index in [1.165, 1.54) is 0 Å². The molecule has 2 aliphatic rings. The molecule has 2 atom stereocenters. The number of rotatable bonds is 4. The van der Waals surface area contributed by atoms with Crippen molar-refractivity contribution in [2.45, 2.75) is 69.6 Å². The first-order chi connectivity index (χ1) is 9.51. The van der Waals surface area contributed by atoms with Crippen LogP contribution in [0.3, 0.4) is 0 Å². The summed E-state index contributed by atoms with van der Waals surface area (Å²) in [7, 11) is 0. The second-order valence-electron chi connectivity index (χ2n) is 5.98. The lowest BCUT2D eigenvalue weighted by molar-refractivity contribution is -0.139. The van der Waals surface area contributed by atoms with Gasteiger partial charge in [0.05, 0.1) is 24.1 Å². The number of carbonyl (C=O) groups excluding carboxylic acids is 1. The van der Waals surface area contributed by atoms with Gasteiger partial charge >= 0.3 is 12.0 Å². The maximum absolute atomic E-state index is 12.1. The molecule has 1 saturated carbocycles. The van der Waals surface area contributed by atoms with E-state index < -0.39 is 11.5 Å². The van der Waals surface area contributed by atoms with Gasteiger partial charge in [0.15, 0.2) is 0 Å². The molecule has 20 heavy (non-hydrogen) atoms. The molecule has 2 rings (SSSR count). The van der Waals surface area contributed by atoms with Crippen LogP contribution in [0.4, 0.5) is 4.79 Å². The maximum Gasteiger partial charge on any atom is 0.315 e. The average Bonchev–Trinajstić information content (AvgIpc) is 2.74. The number of urea groups is 1. The van der Waals surface area contributed by atoms with Crippen molar-refractivity contribution in [3.8, 4) is 0 Å². The minimum Gasteiger partial charge on any atom is -0.481 e. The highest BCUT2D eigenvalue weighted by molar-refractivity contribution is 5.77. The number of carboxylic acids is 1. The molecule has 6 nitrogen and oxygen atoms in total. The van der Waals surface area contributed by atoms with Crippen molar-refractivity contribution in [1.29, 1.82) is 0 Å². The van der Waals surface area contributed by atoms with Crippen LogP contribution in [0.2, 0.25) is 0 Å². The van der Waals surface area contributed by atoms with Crippen LogP contribution in [0.5, 0.6) is 0 Å². The number of ether oxygens (including phenoxy) is 1. The molecule has 0 aromatic rings. The van der Waals surface area contributed by atoms with Crippen LogP contribution >= 0.6 is 0 Å². The van der Waals surface area contributed by atoms with Crippen molar-refractivity contribution in [2.75, 3.05) is 6.61 Å². The number of carboxylic acid groups (broad SMARTS) is 1. The molecule has 114 valence electrons.